The lowest BCUT2D eigenvalue weighted by atomic mass is 9.83. The smallest absolute Gasteiger partial charge is 0.126 e. The van der Waals surface area contributed by atoms with Crippen LogP contribution >= 0.6 is 12.8 Å². The van der Waals surface area contributed by atoms with Crippen molar-refractivity contribution in [2.75, 3.05) is 13.5 Å². The largest absolute Gasteiger partial charge is 0.264 e. The van der Waals surface area contributed by atoms with E-state index in [1.54, 1.807) is 0 Å². The molecule has 0 aliphatic rings. The minimum atomic E-state index is 0.948. The minimum absolute atomic E-state index is 0.948. The van der Waals surface area contributed by atoms with Crippen molar-refractivity contribution in [1.82, 2.24) is 4.31 Å². The first kappa shape index (κ1) is 6.37. The third-order valence-electron chi connectivity index (χ3n) is 0.447. The summed E-state index contributed by atoms with van der Waals surface area (Å²) >= 11 is 3.98. The van der Waals surface area contributed by atoms with E-state index in [1.807, 2.05) is 25.5 Å². The van der Waals surface area contributed by atoms with Crippen molar-refractivity contribution < 1.29 is 0 Å². The summed E-state index contributed by atoms with van der Waals surface area (Å²) in [6.45, 7) is 2.01. The topological polar surface area (TPSA) is 3.24 Å². The molecule has 0 aliphatic heterocycles. The number of thiol groups is 1. The van der Waals surface area contributed by atoms with E-state index < -0.39 is 0 Å². The highest BCUT2D eigenvalue weighted by atomic mass is 32.1. The van der Waals surface area contributed by atoms with E-state index in [4.69, 9.17) is 0 Å². The number of nitrogens with zero attached hydrogens (tertiary/aromatic N) is 1. The van der Waals surface area contributed by atoms with Gasteiger partial charge in [0, 0.05) is 0 Å². The normalized spacial score (nSPS) is 9.33. The van der Waals surface area contributed by atoms with Crippen molar-refractivity contribution >= 4 is 20.1 Å². The Morgan fingerprint density at radius 2 is 2.33 bits per heavy atom. The summed E-state index contributed by atoms with van der Waals surface area (Å²) in [5.74, 6) is 0. The molecule has 0 saturated carbocycles. The molecule has 0 aliphatic carbocycles. The Bertz CT molecular complexity index is 32.0. The van der Waals surface area contributed by atoms with Crippen LogP contribution in [-0.4, -0.2) is 25.1 Å². The third kappa shape index (κ3) is 4.37. The predicted molar refractivity (Wildman–Crippen MR) is 33.2 cm³/mol. The lowest BCUT2D eigenvalue weighted by Gasteiger charge is -2.01. The molecule has 0 heterocycles. The Kier molecular flexibility index (Phi) is 3.78. The molecule has 35 valence electrons. The maximum Gasteiger partial charge on any atom is 0.126 e. The van der Waals surface area contributed by atoms with Crippen molar-refractivity contribution in [3.8, 4) is 0 Å². The van der Waals surface area contributed by atoms with Crippen molar-refractivity contribution in [3.05, 3.63) is 0 Å². The highest BCUT2D eigenvalue weighted by Gasteiger charge is 1.82. The molecule has 0 aromatic carbocycles. The SMILES string of the molecule is C[B]CN(C)S. The molecule has 1 nitrogen and oxygen atoms in total. The average Bonchev–Trinajstić information content (AvgIpc) is 1.35. The lowest BCUT2D eigenvalue weighted by molar-refractivity contribution is 0.676. The molecule has 0 spiro atoms. The van der Waals surface area contributed by atoms with E-state index >= 15 is 0 Å². The van der Waals surface area contributed by atoms with E-state index in [2.05, 4.69) is 12.8 Å². The van der Waals surface area contributed by atoms with E-state index in [-0.39, 0.29) is 0 Å². The quantitative estimate of drug-likeness (QED) is 0.392. The summed E-state index contributed by atoms with van der Waals surface area (Å²) in [7, 11) is 3.97. The van der Waals surface area contributed by atoms with Gasteiger partial charge in [-0.25, -0.2) is 0 Å². The van der Waals surface area contributed by atoms with Gasteiger partial charge in [0.05, 0.1) is 0 Å². The molecular weight excluding hydrogens is 92.9 g/mol. The zero-order valence-electron chi connectivity index (χ0n) is 4.18. The van der Waals surface area contributed by atoms with Crippen LogP contribution in [0.5, 0.6) is 0 Å². The summed E-state index contributed by atoms with van der Waals surface area (Å²) < 4.78 is 1.82. The zero-order valence-corrected chi connectivity index (χ0v) is 5.07. The Morgan fingerprint density at radius 1 is 1.83 bits per heavy atom. The fraction of sp³-hybridized carbons (Fsp3) is 1.00. The molecule has 0 aromatic heterocycles. The second kappa shape index (κ2) is 3.56. The fourth-order valence-corrected chi connectivity index (χ4v) is 0.428. The van der Waals surface area contributed by atoms with E-state index in [0.717, 1.165) is 6.44 Å². The highest BCUT2D eigenvalue weighted by molar-refractivity contribution is 7.77. The summed E-state index contributed by atoms with van der Waals surface area (Å²) in [5, 5.41) is 0. The molecule has 0 atom stereocenters. The van der Waals surface area contributed by atoms with Gasteiger partial charge in [0.1, 0.15) is 7.28 Å². The zero-order chi connectivity index (χ0) is 4.99. The van der Waals surface area contributed by atoms with E-state index in [0.29, 0.717) is 0 Å². The van der Waals surface area contributed by atoms with Crippen LogP contribution in [0.2, 0.25) is 6.82 Å². The molecule has 6 heavy (non-hydrogen) atoms. The van der Waals surface area contributed by atoms with Crippen molar-refractivity contribution in [2.45, 2.75) is 6.82 Å². The molecular formula is C3H9BNS. The van der Waals surface area contributed by atoms with Gasteiger partial charge >= 0.3 is 0 Å². The van der Waals surface area contributed by atoms with Gasteiger partial charge in [-0.15, -0.1) is 0 Å². The standard InChI is InChI=1S/C3H9BNS/c1-4-3-5(2)6/h6H,3H2,1-2H3. The summed E-state index contributed by atoms with van der Waals surface area (Å²) in [5.41, 5.74) is 0. The number of hydrogen-bond donors (Lipinski definition) is 1. The maximum absolute atomic E-state index is 3.98. The second-order valence-corrected chi connectivity index (χ2v) is 1.93. The lowest BCUT2D eigenvalue weighted by Crippen LogP contribution is -2.10. The van der Waals surface area contributed by atoms with Crippen LogP contribution in [0.3, 0.4) is 0 Å². The molecule has 0 fully saturated rings. The first-order valence-corrected chi connectivity index (χ1v) is 2.35. The molecule has 0 rings (SSSR count). The van der Waals surface area contributed by atoms with Crippen LogP contribution < -0.4 is 0 Å². The molecule has 0 N–H and O–H groups in total. The minimum Gasteiger partial charge on any atom is -0.264 e. The third-order valence-corrected chi connectivity index (χ3v) is 0.610. The molecule has 0 bridgehead atoms. The van der Waals surface area contributed by atoms with Gasteiger partial charge in [-0.1, -0.05) is 19.6 Å². The van der Waals surface area contributed by atoms with Crippen molar-refractivity contribution in [1.29, 1.82) is 0 Å². The van der Waals surface area contributed by atoms with E-state index in [1.165, 1.54) is 0 Å². The number of rotatable bonds is 2. The van der Waals surface area contributed by atoms with Gasteiger partial charge in [0.2, 0.25) is 0 Å². The van der Waals surface area contributed by atoms with Crippen LogP contribution in [0.25, 0.3) is 0 Å². The Morgan fingerprint density at radius 3 is 2.33 bits per heavy atom. The monoisotopic (exact) mass is 102 g/mol. The van der Waals surface area contributed by atoms with Crippen LogP contribution in [0.4, 0.5) is 0 Å². The van der Waals surface area contributed by atoms with Gasteiger partial charge in [-0.2, -0.15) is 0 Å². The predicted octanol–water partition coefficient (Wildman–Crippen LogP) is 0.473. The van der Waals surface area contributed by atoms with Gasteiger partial charge in [0.25, 0.3) is 0 Å². The molecule has 0 amide bonds. The Balaban J connectivity index is 2.63. The molecule has 0 saturated heterocycles. The Labute approximate surface area is 45.5 Å². The van der Waals surface area contributed by atoms with Crippen LogP contribution in [0.15, 0.2) is 0 Å². The summed E-state index contributed by atoms with van der Waals surface area (Å²) in [6, 6.07) is 0. The van der Waals surface area contributed by atoms with Gasteiger partial charge in [-0.05, 0) is 13.5 Å². The van der Waals surface area contributed by atoms with Gasteiger partial charge in [-0.3, -0.25) is 4.31 Å². The maximum atomic E-state index is 3.98. The second-order valence-electron chi connectivity index (χ2n) is 1.25. The Hall–Kier alpha value is 0.375. The fourth-order valence-electron chi connectivity index (χ4n) is 0.264. The molecule has 0 unspecified atom stereocenters. The summed E-state index contributed by atoms with van der Waals surface area (Å²) in [4.78, 5) is 0. The summed E-state index contributed by atoms with van der Waals surface area (Å²) in [6.07, 6.45) is 0.948. The first-order chi connectivity index (χ1) is 2.77. The van der Waals surface area contributed by atoms with Crippen molar-refractivity contribution in [2.24, 2.45) is 0 Å². The van der Waals surface area contributed by atoms with Crippen LogP contribution in [-0.2, 0) is 0 Å². The molecule has 3 heteroatoms. The van der Waals surface area contributed by atoms with Crippen LogP contribution in [0.1, 0.15) is 0 Å². The average molecular weight is 102 g/mol. The number of hydrogen-bond acceptors (Lipinski definition) is 2. The van der Waals surface area contributed by atoms with Crippen LogP contribution in [0, 0.1) is 0 Å². The first-order valence-electron chi connectivity index (χ1n) is 1.95. The van der Waals surface area contributed by atoms with Gasteiger partial charge in [0.15, 0.2) is 0 Å². The van der Waals surface area contributed by atoms with Gasteiger partial charge < -0.3 is 0 Å². The van der Waals surface area contributed by atoms with Crippen molar-refractivity contribution in [3.63, 3.8) is 0 Å². The molecule has 0 aromatic rings. The van der Waals surface area contributed by atoms with E-state index in [9.17, 15) is 0 Å². The molecule has 1 radical (unpaired) electrons. The highest BCUT2D eigenvalue weighted by Crippen LogP contribution is 1.80.